The molecule has 0 amide bonds. The van der Waals surface area contributed by atoms with E-state index < -0.39 is 0 Å². The van der Waals surface area contributed by atoms with Crippen LogP contribution in [0.2, 0.25) is 0 Å². The summed E-state index contributed by atoms with van der Waals surface area (Å²) in [6.07, 6.45) is 2.33. The zero-order valence-electron chi connectivity index (χ0n) is 9.86. The molecule has 0 aliphatic carbocycles. The van der Waals surface area contributed by atoms with Gasteiger partial charge in [0, 0.05) is 21.8 Å². The second-order valence-electron chi connectivity index (χ2n) is 4.26. The van der Waals surface area contributed by atoms with Crippen LogP contribution >= 0.6 is 12.4 Å². The van der Waals surface area contributed by atoms with E-state index in [1.807, 2.05) is 0 Å². The van der Waals surface area contributed by atoms with E-state index in [2.05, 4.69) is 54.4 Å². The number of hydrogen-bond donors (Lipinski definition) is 1. The van der Waals surface area contributed by atoms with Crippen molar-refractivity contribution in [2.24, 2.45) is 0 Å². The number of H-pyrrole nitrogens is 1. The molecule has 0 spiro atoms. The number of rotatable bonds is 2. The Balaban J connectivity index is 0.00000108. The number of aromatic amines is 1. The molecule has 0 aliphatic heterocycles. The Morgan fingerprint density at radius 3 is 2.53 bits per heavy atom. The number of aromatic nitrogens is 1. The van der Waals surface area contributed by atoms with Crippen LogP contribution in [0, 0.1) is 0 Å². The lowest BCUT2D eigenvalue weighted by atomic mass is 10.1. The van der Waals surface area contributed by atoms with E-state index in [-0.39, 0.29) is 12.4 Å². The topological polar surface area (TPSA) is 15.8 Å². The highest BCUT2D eigenvalue weighted by atomic mass is 35.5. The van der Waals surface area contributed by atoms with E-state index in [1.165, 1.54) is 33.8 Å². The highest BCUT2D eigenvalue weighted by molar-refractivity contribution is 6.08. The molecule has 2 heteroatoms. The van der Waals surface area contributed by atoms with Crippen LogP contribution in [-0.2, 0) is 6.42 Å². The second-order valence-corrected chi connectivity index (χ2v) is 4.26. The van der Waals surface area contributed by atoms with Crippen molar-refractivity contribution in [2.45, 2.75) is 19.8 Å². The van der Waals surface area contributed by atoms with Crippen LogP contribution in [-0.4, -0.2) is 4.98 Å². The maximum Gasteiger partial charge on any atom is 0.0497 e. The van der Waals surface area contributed by atoms with Gasteiger partial charge in [-0.1, -0.05) is 49.7 Å². The Morgan fingerprint density at radius 1 is 0.941 bits per heavy atom. The zero-order valence-corrected chi connectivity index (χ0v) is 10.7. The molecule has 0 saturated heterocycles. The summed E-state index contributed by atoms with van der Waals surface area (Å²) in [5, 5.41) is 2.68. The smallest absolute Gasteiger partial charge is 0.0497 e. The van der Waals surface area contributed by atoms with Gasteiger partial charge in [0.05, 0.1) is 0 Å². The molecule has 0 radical (unpaired) electrons. The number of fused-ring (bicyclic) bond motifs is 3. The monoisotopic (exact) mass is 245 g/mol. The summed E-state index contributed by atoms with van der Waals surface area (Å²) in [6, 6.07) is 15.1. The first-order valence-corrected chi connectivity index (χ1v) is 5.88. The number of aryl methyl sites for hydroxylation is 1. The Hall–Kier alpha value is -1.47. The average molecular weight is 246 g/mol. The van der Waals surface area contributed by atoms with Crippen molar-refractivity contribution < 1.29 is 0 Å². The van der Waals surface area contributed by atoms with Crippen molar-refractivity contribution in [3.8, 4) is 0 Å². The van der Waals surface area contributed by atoms with Gasteiger partial charge in [-0.05, 0) is 18.1 Å². The lowest BCUT2D eigenvalue weighted by Gasteiger charge is -2.00. The summed E-state index contributed by atoms with van der Waals surface area (Å²) in [6.45, 7) is 2.22. The number of hydrogen-bond acceptors (Lipinski definition) is 0. The summed E-state index contributed by atoms with van der Waals surface area (Å²) in [5.74, 6) is 0. The SMILES string of the molecule is CCCc1cccc2c1[nH]c1ccccc12.Cl. The highest BCUT2D eigenvalue weighted by Gasteiger charge is 2.06. The fraction of sp³-hybridized carbons (Fsp3) is 0.200. The molecule has 1 N–H and O–H groups in total. The normalized spacial score (nSPS) is 10.6. The molecule has 1 aromatic heterocycles. The van der Waals surface area contributed by atoms with E-state index in [0.717, 1.165) is 6.42 Å². The van der Waals surface area contributed by atoms with Crippen LogP contribution in [0.5, 0.6) is 0 Å². The van der Waals surface area contributed by atoms with E-state index in [4.69, 9.17) is 0 Å². The van der Waals surface area contributed by atoms with Gasteiger partial charge in [-0.15, -0.1) is 12.4 Å². The molecule has 0 unspecified atom stereocenters. The molecule has 2 aromatic carbocycles. The fourth-order valence-electron chi connectivity index (χ4n) is 2.41. The number of halogens is 1. The van der Waals surface area contributed by atoms with Crippen molar-refractivity contribution >= 4 is 34.2 Å². The molecule has 88 valence electrons. The first-order valence-electron chi connectivity index (χ1n) is 5.88. The van der Waals surface area contributed by atoms with Crippen molar-refractivity contribution in [1.29, 1.82) is 0 Å². The Labute approximate surface area is 107 Å². The van der Waals surface area contributed by atoms with E-state index in [1.54, 1.807) is 0 Å². The quantitative estimate of drug-likeness (QED) is 0.674. The minimum absolute atomic E-state index is 0. The number of benzene rings is 2. The van der Waals surface area contributed by atoms with Crippen LogP contribution in [0.4, 0.5) is 0 Å². The molecule has 1 nitrogen and oxygen atoms in total. The maximum absolute atomic E-state index is 3.53. The summed E-state index contributed by atoms with van der Waals surface area (Å²) < 4.78 is 0. The third-order valence-corrected chi connectivity index (χ3v) is 3.15. The lowest BCUT2D eigenvalue weighted by Crippen LogP contribution is -1.84. The summed E-state index contributed by atoms with van der Waals surface area (Å²) in [4.78, 5) is 3.53. The highest BCUT2D eigenvalue weighted by Crippen LogP contribution is 2.27. The first-order chi connectivity index (χ1) is 7.90. The van der Waals surface area contributed by atoms with Gasteiger partial charge in [0.2, 0.25) is 0 Å². The molecular formula is C15H16ClN. The van der Waals surface area contributed by atoms with Gasteiger partial charge in [-0.3, -0.25) is 0 Å². The molecule has 3 aromatic rings. The van der Waals surface area contributed by atoms with Gasteiger partial charge in [0.15, 0.2) is 0 Å². The minimum atomic E-state index is 0. The molecule has 1 heterocycles. The summed E-state index contributed by atoms with van der Waals surface area (Å²) >= 11 is 0. The molecule has 0 saturated carbocycles. The van der Waals surface area contributed by atoms with Crippen molar-refractivity contribution in [1.82, 2.24) is 4.98 Å². The summed E-state index contributed by atoms with van der Waals surface area (Å²) in [7, 11) is 0. The predicted molar refractivity (Wildman–Crippen MR) is 77.0 cm³/mol. The van der Waals surface area contributed by atoms with Crippen molar-refractivity contribution in [3.63, 3.8) is 0 Å². The van der Waals surface area contributed by atoms with Crippen molar-refractivity contribution in [3.05, 3.63) is 48.0 Å². The van der Waals surface area contributed by atoms with Gasteiger partial charge in [-0.25, -0.2) is 0 Å². The average Bonchev–Trinajstić information content (AvgIpc) is 2.69. The first kappa shape index (κ1) is 12.0. The Kier molecular flexibility index (Phi) is 3.39. The molecule has 3 rings (SSSR count). The third kappa shape index (κ3) is 1.91. The van der Waals surface area contributed by atoms with E-state index in [0.29, 0.717) is 0 Å². The largest absolute Gasteiger partial charge is 0.354 e. The van der Waals surface area contributed by atoms with Gasteiger partial charge in [-0.2, -0.15) is 0 Å². The van der Waals surface area contributed by atoms with Crippen molar-refractivity contribution in [2.75, 3.05) is 0 Å². The predicted octanol–water partition coefficient (Wildman–Crippen LogP) is 4.70. The van der Waals surface area contributed by atoms with E-state index in [9.17, 15) is 0 Å². The lowest BCUT2D eigenvalue weighted by molar-refractivity contribution is 0.927. The zero-order chi connectivity index (χ0) is 11.0. The van der Waals surface area contributed by atoms with E-state index >= 15 is 0 Å². The number of nitrogens with one attached hydrogen (secondary N) is 1. The van der Waals surface area contributed by atoms with Crippen LogP contribution < -0.4 is 0 Å². The molecule has 17 heavy (non-hydrogen) atoms. The van der Waals surface area contributed by atoms with Gasteiger partial charge >= 0.3 is 0 Å². The molecule has 0 fully saturated rings. The maximum atomic E-state index is 3.53. The van der Waals surface area contributed by atoms with Crippen LogP contribution in [0.25, 0.3) is 21.8 Å². The Morgan fingerprint density at radius 2 is 1.71 bits per heavy atom. The third-order valence-electron chi connectivity index (χ3n) is 3.15. The molecule has 0 aliphatic rings. The number of para-hydroxylation sites is 2. The van der Waals surface area contributed by atoms with Crippen LogP contribution in [0.15, 0.2) is 42.5 Å². The second kappa shape index (κ2) is 4.80. The van der Waals surface area contributed by atoms with Gasteiger partial charge in [0.25, 0.3) is 0 Å². The Bertz CT molecular complexity index is 640. The molecule has 0 bridgehead atoms. The minimum Gasteiger partial charge on any atom is -0.354 e. The molecular weight excluding hydrogens is 230 g/mol. The van der Waals surface area contributed by atoms with Crippen LogP contribution in [0.3, 0.4) is 0 Å². The standard InChI is InChI=1S/C15H15N.ClH/c1-2-6-11-7-5-9-13-12-8-3-4-10-14(12)16-15(11)13;/h3-5,7-10,16H,2,6H2,1H3;1H. The fourth-order valence-corrected chi connectivity index (χ4v) is 2.41. The van der Waals surface area contributed by atoms with Gasteiger partial charge in [0.1, 0.15) is 0 Å². The van der Waals surface area contributed by atoms with Gasteiger partial charge < -0.3 is 4.98 Å². The molecule has 0 atom stereocenters. The van der Waals surface area contributed by atoms with Crippen LogP contribution in [0.1, 0.15) is 18.9 Å². The summed E-state index contributed by atoms with van der Waals surface area (Å²) in [5.41, 5.74) is 3.97.